The third kappa shape index (κ3) is 40.0. The maximum atomic E-state index is 11.9. The number of allylic oxidation sites excluding steroid dienone is 1. The molecule has 3 N–H and O–H groups in total. The van der Waals surface area contributed by atoms with Crippen LogP contribution >= 0.6 is 11.6 Å². The standard InChI is InChI=1S/C18H30N2O4.C12H26N2O2.C3H3ClO.Na.H2O/c1-7-15(21)19(9-3)12-10-13-20(16(22)8-2)14-11-17(23)24-18(4,5)6;1-5-13-8-6-9-14-10-7-11(15)16-12(2,3)4;1-2-3(4)5;;/h7-8H,1-2,9-14H2,3-6H3;13-14H,5-10H2,1-4H3;2H,1H2;;1H2/q;;;+1;/p-1. The summed E-state index contributed by atoms with van der Waals surface area (Å²) in [5.41, 5.74) is -0.917. The second-order valence-corrected chi connectivity index (χ2v) is 12.0. The van der Waals surface area contributed by atoms with Crippen molar-refractivity contribution in [2.24, 2.45) is 0 Å². The number of esters is 2. The Morgan fingerprint density at radius 2 is 1.11 bits per heavy atom. The van der Waals surface area contributed by atoms with Crippen LogP contribution in [0.5, 0.6) is 0 Å². The van der Waals surface area contributed by atoms with Gasteiger partial charge in [-0.15, -0.1) is 0 Å². The van der Waals surface area contributed by atoms with E-state index in [-0.39, 0.29) is 77.4 Å². The molecule has 0 heterocycles. The maximum absolute atomic E-state index is 11.9. The first-order chi connectivity index (χ1) is 20.9. The minimum Gasteiger partial charge on any atom is -0.870 e. The van der Waals surface area contributed by atoms with Gasteiger partial charge in [-0.2, -0.15) is 0 Å². The summed E-state index contributed by atoms with van der Waals surface area (Å²) in [6.45, 7) is 30.5. The van der Waals surface area contributed by atoms with Crippen LogP contribution in [0.2, 0.25) is 0 Å². The van der Waals surface area contributed by atoms with E-state index in [1.807, 2.05) is 27.7 Å². The molecule has 47 heavy (non-hydrogen) atoms. The predicted octanol–water partition coefficient (Wildman–Crippen LogP) is 1.23. The molecule has 12 nitrogen and oxygen atoms in total. The van der Waals surface area contributed by atoms with E-state index in [9.17, 15) is 24.0 Å². The zero-order valence-electron chi connectivity index (χ0n) is 30.4. The van der Waals surface area contributed by atoms with Gasteiger partial charge in [0.1, 0.15) is 11.2 Å². The van der Waals surface area contributed by atoms with Crippen molar-refractivity contribution in [1.29, 1.82) is 0 Å². The molecule has 0 saturated heterocycles. The number of likely N-dealkylation sites (N-methyl/N-ethyl adjacent to an activating group) is 1. The van der Waals surface area contributed by atoms with Gasteiger partial charge in [0.05, 0.1) is 12.8 Å². The van der Waals surface area contributed by atoms with E-state index >= 15 is 0 Å². The summed E-state index contributed by atoms with van der Waals surface area (Å²) in [4.78, 5) is 59.3. The second-order valence-electron chi connectivity index (χ2n) is 11.6. The van der Waals surface area contributed by atoms with Crippen LogP contribution in [0, 0.1) is 0 Å². The Kier molecular flexibility index (Phi) is 37.6. The quantitative estimate of drug-likeness (QED) is 0.0659. The van der Waals surface area contributed by atoms with Crippen LogP contribution in [-0.4, -0.2) is 108 Å². The fraction of sp³-hybridized carbons (Fsp3) is 0.667. The normalized spacial score (nSPS) is 10.1. The van der Waals surface area contributed by atoms with Crippen molar-refractivity contribution in [3.05, 3.63) is 38.0 Å². The topological polar surface area (TPSA) is 164 Å². The molecule has 2 amide bonds. The number of nitrogens with one attached hydrogen (secondary N) is 2. The summed E-state index contributed by atoms with van der Waals surface area (Å²) < 4.78 is 10.4. The van der Waals surface area contributed by atoms with Crippen molar-refractivity contribution in [2.75, 3.05) is 52.4 Å². The molecule has 268 valence electrons. The Morgan fingerprint density at radius 1 is 0.681 bits per heavy atom. The largest absolute Gasteiger partial charge is 1.00 e. The minimum atomic E-state index is -0.545. The van der Waals surface area contributed by atoms with Crippen LogP contribution in [0.3, 0.4) is 0 Å². The molecule has 0 aromatic rings. The molecule has 0 atom stereocenters. The third-order valence-corrected chi connectivity index (χ3v) is 5.41. The number of nitrogens with zero attached hydrogens (tertiary/aromatic N) is 2. The van der Waals surface area contributed by atoms with Gasteiger partial charge in [0, 0.05) is 32.7 Å². The van der Waals surface area contributed by atoms with Crippen LogP contribution in [0.15, 0.2) is 38.0 Å². The Balaban J connectivity index is -0.000000221. The SMILES string of the molecule is C=CC(=O)Cl.C=CC(=O)N(CC)CCCN(CCC(=O)OC(C)(C)C)C(=O)C=C.CCNCCCNCCC(=O)OC(C)(C)C.[Na+].[OH-]. The summed E-state index contributed by atoms with van der Waals surface area (Å²) in [5.74, 6) is -0.849. The zero-order valence-corrected chi connectivity index (χ0v) is 33.2. The predicted molar refractivity (Wildman–Crippen MR) is 184 cm³/mol. The number of hydrogen-bond acceptors (Lipinski definition) is 10. The van der Waals surface area contributed by atoms with Crippen molar-refractivity contribution >= 4 is 40.6 Å². The van der Waals surface area contributed by atoms with Crippen molar-refractivity contribution in [2.45, 2.75) is 92.3 Å². The van der Waals surface area contributed by atoms with Gasteiger partial charge in [-0.1, -0.05) is 26.7 Å². The summed E-state index contributed by atoms with van der Waals surface area (Å²) in [5, 5.41) is 5.96. The number of halogens is 1. The van der Waals surface area contributed by atoms with Gasteiger partial charge in [0.15, 0.2) is 0 Å². The van der Waals surface area contributed by atoms with E-state index in [4.69, 9.17) is 21.1 Å². The van der Waals surface area contributed by atoms with E-state index in [2.05, 4.69) is 37.3 Å². The molecule has 0 aliphatic heterocycles. The molecular weight excluding hydrogens is 639 g/mol. The molecule has 0 fully saturated rings. The number of ether oxygens (including phenoxy) is 2. The number of amides is 2. The van der Waals surface area contributed by atoms with E-state index in [1.165, 1.54) is 12.2 Å². The van der Waals surface area contributed by atoms with E-state index in [0.717, 1.165) is 32.1 Å². The summed E-state index contributed by atoms with van der Waals surface area (Å²) in [7, 11) is 0. The molecular formula is C33H60ClN4NaO8. The first kappa shape index (κ1) is 54.4. The molecule has 14 heteroatoms. The summed E-state index contributed by atoms with van der Waals surface area (Å²) in [6.07, 6.45) is 5.81. The Labute approximate surface area is 310 Å². The van der Waals surface area contributed by atoms with Crippen molar-refractivity contribution in [1.82, 2.24) is 20.4 Å². The van der Waals surface area contributed by atoms with Crippen molar-refractivity contribution in [3.8, 4) is 0 Å². The number of rotatable bonds is 19. The average Bonchev–Trinajstić information content (AvgIpc) is 2.94. The molecule has 0 spiro atoms. The maximum Gasteiger partial charge on any atom is 1.00 e. The first-order valence-corrected chi connectivity index (χ1v) is 15.7. The fourth-order valence-electron chi connectivity index (χ4n) is 3.31. The molecule has 0 aliphatic carbocycles. The van der Waals surface area contributed by atoms with Gasteiger partial charge < -0.3 is 35.4 Å². The third-order valence-electron chi connectivity index (χ3n) is 5.26. The average molecular weight is 699 g/mol. The van der Waals surface area contributed by atoms with Crippen LogP contribution in [-0.2, 0) is 33.4 Å². The van der Waals surface area contributed by atoms with Crippen LogP contribution in [0.1, 0.15) is 81.1 Å². The number of carbonyl (C=O) groups excluding carboxylic acids is 5. The van der Waals surface area contributed by atoms with Crippen LogP contribution in [0.25, 0.3) is 0 Å². The molecule has 0 saturated carbocycles. The van der Waals surface area contributed by atoms with E-state index in [1.54, 1.807) is 30.6 Å². The van der Waals surface area contributed by atoms with Gasteiger partial charge in [-0.25, -0.2) is 0 Å². The Hall–Kier alpha value is -2.06. The smallest absolute Gasteiger partial charge is 0.870 e. The van der Waals surface area contributed by atoms with Gasteiger partial charge in [0.25, 0.3) is 0 Å². The van der Waals surface area contributed by atoms with Crippen molar-refractivity contribution in [3.63, 3.8) is 0 Å². The zero-order chi connectivity index (χ0) is 35.5. The molecule has 0 aromatic carbocycles. The first-order valence-electron chi connectivity index (χ1n) is 15.4. The summed E-state index contributed by atoms with van der Waals surface area (Å²) in [6, 6.07) is 0. The van der Waals surface area contributed by atoms with Crippen molar-refractivity contribution < 1.29 is 68.5 Å². The molecule has 0 bridgehead atoms. The molecule has 0 unspecified atom stereocenters. The van der Waals surface area contributed by atoms with E-state index < -0.39 is 10.8 Å². The van der Waals surface area contributed by atoms with Crippen LogP contribution in [0.4, 0.5) is 0 Å². The Morgan fingerprint density at radius 3 is 1.51 bits per heavy atom. The fourth-order valence-corrected chi connectivity index (χ4v) is 3.31. The van der Waals surface area contributed by atoms with Gasteiger partial charge in [-0.05, 0) is 111 Å². The molecule has 0 rings (SSSR count). The second kappa shape index (κ2) is 32.5. The minimum absolute atomic E-state index is 0. The number of hydrogen-bond donors (Lipinski definition) is 2. The van der Waals surface area contributed by atoms with Crippen LogP contribution < -0.4 is 40.2 Å². The monoisotopic (exact) mass is 698 g/mol. The molecule has 0 radical (unpaired) electrons. The van der Waals surface area contributed by atoms with Gasteiger partial charge >= 0.3 is 41.5 Å². The van der Waals surface area contributed by atoms with E-state index in [0.29, 0.717) is 39.0 Å². The van der Waals surface area contributed by atoms with Gasteiger partial charge in [-0.3, -0.25) is 24.0 Å². The molecule has 0 aromatic heterocycles. The van der Waals surface area contributed by atoms with Gasteiger partial charge in [0.2, 0.25) is 17.1 Å². The Bertz CT molecular complexity index is 921. The summed E-state index contributed by atoms with van der Waals surface area (Å²) >= 11 is 4.71. The number of carbonyl (C=O) groups is 5. The molecule has 0 aliphatic rings.